The van der Waals surface area contributed by atoms with Crippen LogP contribution in [0.5, 0.6) is 0 Å². The molecule has 0 atom stereocenters. The summed E-state index contributed by atoms with van der Waals surface area (Å²) in [5, 5.41) is 0. The second-order valence-electron chi connectivity index (χ2n) is 6.52. The summed E-state index contributed by atoms with van der Waals surface area (Å²) < 4.78 is 0. The molecule has 0 unspecified atom stereocenters. The summed E-state index contributed by atoms with van der Waals surface area (Å²) >= 11 is 0. The number of nitrogens with zero attached hydrogens (tertiary/aromatic N) is 1. The predicted molar refractivity (Wildman–Crippen MR) is 67.3 cm³/mol. The Hall–Kier alpha value is -0.0800. The molecule has 3 aliphatic carbocycles. The molecule has 3 rings (SSSR count). The van der Waals surface area contributed by atoms with Gasteiger partial charge in [-0.25, -0.2) is 0 Å². The summed E-state index contributed by atoms with van der Waals surface area (Å²) in [6, 6.07) is 0.935. The molecule has 3 saturated carbocycles. The van der Waals surface area contributed by atoms with Crippen molar-refractivity contribution in [2.75, 3.05) is 19.6 Å². The topological polar surface area (TPSA) is 29.3 Å². The summed E-state index contributed by atoms with van der Waals surface area (Å²) in [4.78, 5) is 2.80. The minimum absolute atomic E-state index is 0.497. The number of hydrogen-bond acceptors (Lipinski definition) is 2. The quantitative estimate of drug-likeness (QED) is 0.747. The average Bonchev–Trinajstić information content (AvgIpc) is 3.19. The second-order valence-corrected chi connectivity index (χ2v) is 6.52. The molecule has 92 valence electrons. The molecule has 0 aromatic rings. The normalized spacial score (nSPS) is 28.9. The highest BCUT2D eigenvalue weighted by Gasteiger charge is 2.40. The minimum Gasteiger partial charge on any atom is -0.330 e. The van der Waals surface area contributed by atoms with Gasteiger partial charge in [-0.15, -0.1) is 0 Å². The van der Waals surface area contributed by atoms with E-state index in [9.17, 15) is 0 Å². The zero-order valence-corrected chi connectivity index (χ0v) is 10.5. The van der Waals surface area contributed by atoms with Crippen molar-refractivity contribution in [3.63, 3.8) is 0 Å². The van der Waals surface area contributed by atoms with Gasteiger partial charge in [0.15, 0.2) is 0 Å². The molecule has 2 heteroatoms. The monoisotopic (exact) mass is 222 g/mol. The van der Waals surface area contributed by atoms with Crippen LogP contribution in [-0.2, 0) is 0 Å². The SMILES string of the molecule is NCC1(CN(CC2CC2)C2CC2)CCCC1. The van der Waals surface area contributed by atoms with E-state index in [0.717, 1.165) is 18.5 Å². The Morgan fingerprint density at radius 1 is 1.06 bits per heavy atom. The Labute approximate surface area is 99.6 Å². The summed E-state index contributed by atoms with van der Waals surface area (Å²) in [7, 11) is 0. The smallest absolute Gasteiger partial charge is 0.00967 e. The molecular weight excluding hydrogens is 196 g/mol. The maximum absolute atomic E-state index is 6.06. The van der Waals surface area contributed by atoms with Gasteiger partial charge in [-0.1, -0.05) is 12.8 Å². The Morgan fingerprint density at radius 2 is 1.75 bits per heavy atom. The predicted octanol–water partition coefficient (Wildman–Crippen LogP) is 2.38. The molecule has 0 saturated heterocycles. The molecule has 2 nitrogen and oxygen atoms in total. The molecule has 0 bridgehead atoms. The van der Waals surface area contributed by atoms with Crippen LogP contribution in [0.2, 0.25) is 0 Å². The summed E-state index contributed by atoms with van der Waals surface area (Å²) in [6.07, 6.45) is 11.5. The fourth-order valence-corrected chi connectivity index (χ4v) is 3.40. The third kappa shape index (κ3) is 2.43. The van der Waals surface area contributed by atoms with E-state index in [0.29, 0.717) is 5.41 Å². The molecule has 0 amide bonds. The molecule has 0 heterocycles. The van der Waals surface area contributed by atoms with E-state index < -0.39 is 0 Å². The van der Waals surface area contributed by atoms with E-state index in [1.165, 1.54) is 64.5 Å². The van der Waals surface area contributed by atoms with Gasteiger partial charge in [0.25, 0.3) is 0 Å². The van der Waals surface area contributed by atoms with Crippen LogP contribution in [0.15, 0.2) is 0 Å². The van der Waals surface area contributed by atoms with E-state index in [1.807, 2.05) is 0 Å². The first-order valence-corrected chi connectivity index (χ1v) is 7.25. The Balaban J connectivity index is 1.59. The van der Waals surface area contributed by atoms with E-state index in [1.54, 1.807) is 0 Å². The third-order valence-electron chi connectivity index (χ3n) is 4.89. The number of hydrogen-bond donors (Lipinski definition) is 1. The highest BCUT2D eigenvalue weighted by Crippen LogP contribution is 2.42. The van der Waals surface area contributed by atoms with Crippen molar-refractivity contribution in [2.24, 2.45) is 17.1 Å². The average molecular weight is 222 g/mol. The van der Waals surface area contributed by atoms with E-state index >= 15 is 0 Å². The Morgan fingerprint density at radius 3 is 2.25 bits per heavy atom. The zero-order valence-electron chi connectivity index (χ0n) is 10.5. The molecule has 3 fully saturated rings. The van der Waals surface area contributed by atoms with Crippen LogP contribution in [0.1, 0.15) is 51.4 Å². The van der Waals surface area contributed by atoms with Gasteiger partial charge >= 0.3 is 0 Å². The largest absolute Gasteiger partial charge is 0.330 e. The molecule has 0 radical (unpaired) electrons. The van der Waals surface area contributed by atoms with Crippen molar-refractivity contribution in [3.05, 3.63) is 0 Å². The Bertz CT molecular complexity index is 237. The molecule has 16 heavy (non-hydrogen) atoms. The first-order valence-electron chi connectivity index (χ1n) is 7.25. The standard InChI is InChI=1S/C14H26N2/c15-10-14(7-1-2-8-14)11-16(13-5-6-13)9-12-3-4-12/h12-13H,1-11,15H2. The van der Waals surface area contributed by atoms with Crippen LogP contribution in [0.3, 0.4) is 0 Å². The summed E-state index contributed by atoms with van der Waals surface area (Å²) in [6.45, 7) is 3.61. The van der Waals surface area contributed by atoms with Crippen molar-refractivity contribution in [1.82, 2.24) is 4.90 Å². The molecule has 3 aliphatic rings. The fourth-order valence-electron chi connectivity index (χ4n) is 3.40. The highest BCUT2D eigenvalue weighted by atomic mass is 15.2. The van der Waals surface area contributed by atoms with Crippen LogP contribution in [0.4, 0.5) is 0 Å². The van der Waals surface area contributed by atoms with E-state index in [-0.39, 0.29) is 0 Å². The molecule has 0 aromatic heterocycles. The van der Waals surface area contributed by atoms with Crippen molar-refractivity contribution in [1.29, 1.82) is 0 Å². The van der Waals surface area contributed by atoms with Gasteiger partial charge < -0.3 is 5.73 Å². The number of rotatable bonds is 6. The van der Waals surface area contributed by atoms with Crippen LogP contribution < -0.4 is 5.73 Å². The molecule has 0 aliphatic heterocycles. The van der Waals surface area contributed by atoms with E-state index in [2.05, 4.69) is 4.90 Å². The number of nitrogens with two attached hydrogens (primary N) is 1. The fraction of sp³-hybridized carbons (Fsp3) is 1.00. The Kier molecular flexibility index (Phi) is 2.97. The first-order chi connectivity index (χ1) is 7.81. The molecule has 0 aromatic carbocycles. The lowest BCUT2D eigenvalue weighted by molar-refractivity contribution is 0.145. The summed E-state index contributed by atoms with van der Waals surface area (Å²) in [5.74, 6) is 1.04. The van der Waals surface area contributed by atoms with Crippen LogP contribution in [0, 0.1) is 11.3 Å². The molecule has 2 N–H and O–H groups in total. The van der Waals surface area contributed by atoms with Gasteiger partial charge in [0, 0.05) is 19.1 Å². The maximum Gasteiger partial charge on any atom is 0.00967 e. The molecule has 0 spiro atoms. The van der Waals surface area contributed by atoms with Crippen LogP contribution in [0.25, 0.3) is 0 Å². The van der Waals surface area contributed by atoms with Gasteiger partial charge in [0.2, 0.25) is 0 Å². The summed E-state index contributed by atoms with van der Waals surface area (Å²) in [5.41, 5.74) is 6.55. The van der Waals surface area contributed by atoms with Gasteiger partial charge in [0.1, 0.15) is 0 Å². The lowest BCUT2D eigenvalue weighted by Crippen LogP contribution is -2.42. The van der Waals surface area contributed by atoms with Gasteiger partial charge in [-0.05, 0) is 56.4 Å². The van der Waals surface area contributed by atoms with Crippen molar-refractivity contribution in [2.45, 2.75) is 57.4 Å². The van der Waals surface area contributed by atoms with Crippen molar-refractivity contribution in [3.8, 4) is 0 Å². The highest BCUT2D eigenvalue weighted by molar-refractivity contribution is 4.95. The lowest BCUT2D eigenvalue weighted by Gasteiger charge is -2.34. The van der Waals surface area contributed by atoms with Crippen molar-refractivity contribution < 1.29 is 0 Å². The van der Waals surface area contributed by atoms with Crippen LogP contribution >= 0.6 is 0 Å². The van der Waals surface area contributed by atoms with E-state index in [4.69, 9.17) is 5.73 Å². The van der Waals surface area contributed by atoms with Gasteiger partial charge in [0.05, 0.1) is 0 Å². The first kappa shape index (κ1) is 11.0. The lowest BCUT2D eigenvalue weighted by atomic mass is 9.85. The van der Waals surface area contributed by atoms with Gasteiger partial charge in [-0.3, -0.25) is 4.90 Å². The second kappa shape index (κ2) is 4.30. The zero-order chi connectivity index (χ0) is 11.0. The minimum atomic E-state index is 0.497. The molecular formula is C14H26N2. The van der Waals surface area contributed by atoms with Crippen molar-refractivity contribution >= 4 is 0 Å². The van der Waals surface area contributed by atoms with Crippen LogP contribution in [-0.4, -0.2) is 30.6 Å². The third-order valence-corrected chi connectivity index (χ3v) is 4.89. The maximum atomic E-state index is 6.06. The van der Waals surface area contributed by atoms with Gasteiger partial charge in [-0.2, -0.15) is 0 Å².